The molecule has 0 heterocycles. The van der Waals surface area contributed by atoms with E-state index in [2.05, 4.69) is 95.2 Å². The van der Waals surface area contributed by atoms with Crippen molar-refractivity contribution in [2.24, 2.45) is 21.7 Å². The summed E-state index contributed by atoms with van der Waals surface area (Å²) in [6.07, 6.45) is 16.2. The zero-order chi connectivity index (χ0) is 26.3. The van der Waals surface area contributed by atoms with Crippen molar-refractivity contribution in [2.45, 2.75) is 83.1 Å². The Labute approximate surface area is 208 Å². The van der Waals surface area contributed by atoms with Gasteiger partial charge < -0.3 is 0 Å². The lowest BCUT2D eigenvalue weighted by Gasteiger charge is -2.31. The summed E-state index contributed by atoms with van der Waals surface area (Å²) in [6, 6.07) is 0. The minimum absolute atomic E-state index is 0.148. The van der Waals surface area contributed by atoms with Gasteiger partial charge in [0.1, 0.15) is 0 Å². The van der Waals surface area contributed by atoms with E-state index in [1.165, 1.54) is 0 Å². The molecule has 0 amide bonds. The molecule has 0 fully saturated rings. The van der Waals surface area contributed by atoms with Crippen molar-refractivity contribution in [3.8, 4) is 0 Å². The third-order valence-corrected chi connectivity index (χ3v) is 6.14. The van der Waals surface area contributed by atoms with Gasteiger partial charge in [-0.05, 0) is 57.1 Å². The van der Waals surface area contributed by atoms with Gasteiger partial charge in [0.05, 0.1) is 0 Å². The van der Waals surface area contributed by atoms with Gasteiger partial charge in [0.2, 0.25) is 0 Å². The molecule has 34 heavy (non-hydrogen) atoms. The van der Waals surface area contributed by atoms with Crippen molar-refractivity contribution in [1.82, 2.24) is 0 Å². The first-order valence-electron chi connectivity index (χ1n) is 12.3. The lowest BCUT2D eigenvalue weighted by atomic mass is 9.72. The van der Waals surface area contributed by atoms with Gasteiger partial charge in [-0.3, -0.25) is 9.59 Å². The van der Waals surface area contributed by atoms with Gasteiger partial charge in [-0.1, -0.05) is 107 Å². The van der Waals surface area contributed by atoms with E-state index < -0.39 is 0 Å². The Morgan fingerprint density at radius 1 is 0.441 bits per heavy atom. The zero-order valence-electron chi connectivity index (χ0n) is 23.4. The van der Waals surface area contributed by atoms with Crippen LogP contribution >= 0.6 is 0 Å². The molecule has 0 aliphatic heterocycles. The summed E-state index contributed by atoms with van der Waals surface area (Å²) >= 11 is 0. The Balaban J connectivity index is 2.49. The summed E-state index contributed by atoms with van der Waals surface area (Å²) in [7, 11) is 0. The van der Waals surface area contributed by atoms with Crippen LogP contribution in [0.1, 0.15) is 83.1 Å². The number of ketones is 2. The highest BCUT2D eigenvalue weighted by molar-refractivity contribution is 6.12. The van der Waals surface area contributed by atoms with E-state index in [-0.39, 0.29) is 33.2 Å². The number of Topliss-reactive ketones (excluding diaryl/α,β-unsaturated/α-hetero) is 2. The van der Waals surface area contributed by atoms with E-state index in [1.54, 1.807) is 0 Å². The van der Waals surface area contributed by atoms with E-state index in [4.69, 9.17) is 0 Å². The van der Waals surface area contributed by atoms with E-state index in [1.807, 2.05) is 36.5 Å². The van der Waals surface area contributed by atoms with Gasteiger partial charge in [-0.2, -0.15) is 0 Å². The average molecular weight is 461 g/mol. The smallest absolute Gasteiger partial charge is 0.186 e. The third kappa shape index (κ3) is 6.56. The molecule has 0 aromatic carbocycles. The third-order valence-electron chi connectivity index (χ3n) is 6.14. The van der Waals surface area contributed by atoms with E-state index in [0.29, 0.717) is 0 Å². The van der Waals surface area contributed by atoms with Crippen LogP contribution in [0.3, 0.4) is 0 Å². The maximum absolute atomic E-state index is 13.1. The molecule has 0 spiro atoms. The number of hydrogen-bond donors (Lipinski definition) is 0. The monoisotopic (exact) mass is 460 g/mol. The normalized spacial score (nSPS) is 18.6. The minimum atomic E-state index is -0.219. The molecule has 0 atom stereocenters. The quantitative estimate of drug-likeness (QED) is 0.414. The number of hydrogen-bond acceptors (Lipinski definition) is 2. The first-order valence-corrected chi connectivity index (χ1v) is 12.3. The van der Waals surface area contributed by atoms with Gasteiger partial charge in [-0.25, -0.2) is 0 Å². The summed E-state index contributed by atoms with van der Waals surface area (Å²) in [5.41, 5.74) is 4.57. The molecule has 0 saturated heterocycles. The maximum atomic E-state index is 13.1. The Bertz CT molecular complexity index is 918. The van der Waals surface area contributed by atoms with Crippen molar-refractivity contribution < 1.29 is 9.59 Å². The first-order chi connectivity index (χ1) is 15.2. The number of rotatable bonds is 2. The topological polar surface area (TPSA) is 34.1 Å². The second-order valence-corrected chi connectivity index (χ2v) is 13.6. The van der Waals surface area contributed by atoms with Crippen LogP contribution in [0.25, 0.3) is 0 Å². The summed E-state index contributed by atoms with van der Waals surface area (Å²) in [5.74, 6) is 0.296. The molecule has 184 valence electrons. The first kappa shape index (κ1) is 27.8. The van der Waals surface area contributed by atoms with Crippen molar-refractivity contribution in [3.05, 3.63) is 82.0 Å². The SMILES string of the molecule is CC(C)(C)C1=CC(=C/C=C/C=C2C=C(C(C)(C)C)C(=O)C(C(C)(C)C)=C2)C=C(C(C)(C)C)C1=O. The lowest BCUT2D eigenvalue weighted by Crippen LogP contribution is -2.27. The molecule has 0 aromatic heterocycles. The van der Waals surface area contributed by atoms with Crippen LogP contribution in [-0.2, 0) is 9.59 Å². The summed E-state index contributed by atoms with van der Waals surface area (Å²) in [5, 5.41) is 0. The van der Waals surface area contributed by atoms with E-state index in [0.717, 1.165) is 33.4 Å². The minimum Gasteiger partial charge on any atom is -0.289 e. The predicted octanol–water partition coefficient (Wildman–Crippen LogP) is 8.45. The maximum Gasteiger partial charge on any atom is 0.186 e. The fraction of sp³-hybridized carbons (Fsp3) is 0.500. The van der Waals surface area contributed by atoms with E-state index >= 15 is 0 Å². The van der Waals surface area contributed by atoms with Crippen molar-refractivity contribution >= 4 is 11.6 Å². The highest BCUT2D eigenvalue weighted by Gasteiger charge is 2.35. The van der Waals surface area contributed by atoms with Crippen LogP contribution in [0.4, 0.5) is 0 Å². The molecule has 0 bridgehead atoms. The Morgan fingerprint density at radius 2 is 0.647 bits per heavy atom. The van der Waals surface area contributed by atoms with Gasteiger partial charge >= 0.3 is 0 Å². The largest absolute Gasteiger partial charge is 0.289 e. The van der Waals surface area contributed by atoms with Crippen molar-refractivity contribution in [3.63, 3.8) is 0 Å². The fourth-order valence-corrected chi connectivity index (χ4v) is 4.06. The zero-order valence-corrected chi connectivity index (χ0v) is 23.4. The highest BCUT2D eigenvalue weighted by Crippen LogP contribution is 2.40. The van der Waals surface area contributed by atoms with E-state index in [9.17, 15) is 9.59 Å². The molecule has 2 rings (SSSR count). The van der Waals surface area contributed by atoms with Gasteiger partial charge in [0.25, 0.3) is 0 Å². The Hall–Kier alpha value is -2.48. The van der Waals surface area contributed by atoms with Crippen LogP contribution in [0, 0.1) is 21.7 Å². The molecule has 2 aliphatic carbocycles. The lowest BCUT2D eigenvalue weighted by molar-refractivity contribution is -0.114. The molecule has 0 saturated carbocycles. The molecule has 2 nitrogen and oxygen atoms in total. The highest BCUT2D eigenvalue weighted by atomic mass is 16.1. The molecule has 2 heteroatoms. The van der Waals surface area contributed by atoms with Crippen molar-refractivity contribution in [1.29, 1.82) is 0 Å². The summed E-state index contributed by atoms with van der Waals surface area (Å²) in [6.45, 7) is 25.0. The number of carbonyl (C=O) groups excluding carboxylic acids is 2. The molecule has 0 radical (unpaired) electrons. The van der Waals surface area contributed by atoms with Crippen LogP contribution < -0.4 is 0 Å². The number of allylic oxidation sites excluding steroid dienone is 14. The molecular weight excluding hydrogens is 416 g/mol. The van der Waals surface area contributed by atoms with Crippen LogP contribution in [0.15, 0.2) is 82.0 Å². The van der Waals surface area contributed by atoms with Crippen LogP contribution in [0.2, 0.25) is 0 Å². The summed E-state index contributed by atoms with van der Waals surface area (Å²) < 4.78 is 0. The summed E-state index contributed by atoms with van der Waals surface area (Å²) in [4.78, 5) is 26.2. The second kappa shape index (κ2) is 9.29. The molecule has 0 N–H and O–H groups in total. The van der Waals surface area contributed by atoms with Crippen LogP contribution in [-0.4, -0.2) is 11.6 Å². The molecule has 2 aliphatic rings. The molecule has 0 aromatic rings. The standard InChI is InChI=1S/C32H44O2/c1-29(2,3)23-17-21(18-24(27(23)33)30(4,5)6)15-13-14-16-22-19-25(31(7,8)9)28(34)26(20-22)32(10,11)12/h13-20H,1-12H3/b14-13+. The predicted molar refractivity (Wildman–Crippen MR) is 145 cm³/mol. The average Bonchev–Trinajstić information content (AvgIpc) is 2.63. The van der Waals surface area contributed by atoms with Crippen LogP contribution in [0.5, 0.6) is 0 Å². The molecule has 0 unspecified atom stereocenters. The van der Waals surface area contributed by atoms with Gasteiger partial charge in [0, 0.05) is 22.3 Å². The Morgan fingerprint density at radius 3 is 0.824 bits per heavy atom. The molecular formula is C32H44O2. The van der Waals surface area contributed by atoms with Gasteiger partial charge in [0.15, 0.2) is 11.6 Å². The second-order valence-electron chi connectivity index (χ2n) is 13.6. The number of carbonyl (C=O) groups is 2. The van der Waals surface area contributed by atoms with Crippen molar-refractivity contribution in [2.75, 3.05) is 0 Å². The van der Waals surface area contributed by atoms with Gasteiger partial charge in [-0.15, -0.1) is 0 Å². The Kier molecular flexibility index (Phi) is 7.58. The fourth-order valence-electron chi connectivity index (χ4n) is 4.06.